The zero-order valence-corrected chi connectivity index (χ0v) is 15.5. The van der Waals surface area contributed by atoms with E-state index >= 15 is 0 Å². The molecule has 2 aromatic rings. The standard InChI is InChI=1S/C19H23ClN4O2/c1-2-25-22-12-14-5-7-16(8-6-14)26-19(15-4-3-11-21-13-15)17-9-10-18(20)24-23-17/h5-10,12,15,19,21H,2-4,11,13H2,1H3. The second-order valence-corrected chi connectivity index (χ2v) is 6.53. The maximum atomic E-state index is 6.30. The van der Waals surface area contributed by atoms with Crippen LogP contribution in [0.3, 0.4) is 0 Å². The number of nitrogens with zero attached hydrogens (tertiary/aromatic N) is 3. The molecule has 6 nitrogen and oxygen atoms in total. The summed E-state index contributed by atoms with van der Waals surface area (Å²) in [4.78, 5) is 4.98. The Kier molecular flexibility index (Phi) is 6.80. The van der Waals surface area contributed by atoms with Gasteiger partial charge in [-0.2, -0.15) is 5.10 Å². The third-order valence-corrected chi connectivity index (χ3v) is 4.46. The van der Waals surface area contributed by atoms with Gasteiger partial charge in [-0.25, -0.2) is 0 Å². The Morgan fingerprint density at radius 3 is 2.77 bits per heavy atom. The quantitative estimate of drug-likeness (QED) is 0.592. The molecular formula is C19H23ClN4O2. The lowest BCUT2D eigenvalue weighted by atomic mass is 9.91. The molecular weight excluding hydrogens is 352 g/mol. The molecule has 0 spiro atoms. The van der Waals surface area contributed by atoms with E-state index in [0.717, 1.165) is 42.9 Å². The van der Waals surface area contributed by atoms with Gasteiger partial charge < -0.3 is 14.9 Å². The molecule has 0 amide bonds. The van der Waals surface area contributed by atoms with Crippen LogP contribution in [0.25, 0.3) is 0 Å². The molecule has 0 radical (unpaired) electrons. The summed E-state index contributed by atoms with van der Waals surface area (Å²) in [7, 11) is 0. The maximum absolute atomic E-state index is 6.30. The lowest BCUT2D eigenvalue weighted by molar-refractivity contribution is 0.111. The van der Waals surface area contributed by atoms with Crippen molar-refractivity contribution < 1.29 is 9.57 Å². The van der Waals surface area contributed by atoms with E-state index in [1.165, 1.54) is 0 Å². The summed E-state index contributed by atoms with van der Waals surface area (Å²) in [5, 5.41) is 15.9. The molecule has 1 aromatic heterocycles. The van der Waals surface area contributed by atoms with Gasteiger partial charge in [0.15, 0.2) is 5.15 Å². The summed E-state index contributed by atoms with van der Waals surface area (Å²) in [5.74, 6) is 1.12. The van der Waals surface area contributed by atoms with E-state index in [4.69, 9.17) is 21.2 Å². The molecule has 0 bridgehead atoms. The fourth-order valence-corrected chi connectivity index (χ4v) is 3.07. The molecule has 1 aliphatic rings. The lowest BCUT2D eigenvalue weighted by Gasteiger charge is -2.30. The van der Waals surface area contributed by atoms with Gasteiger partial charge in [0, 0.05) is 12.5 Å². The summed E-state index contributed by atoms with van der Waals surface area (Å²) in [6.07, 6.45) is 3.72. The van der Waals surface area contributed by atoms with E-state index in [1.54, 1.807) is 12.3 Å². The smallest absolute Gasteiger partial charge is 0.151 e. The molecule has 1 N–H and O–H groups in total. The molecule has 1 saturated heterocycles. The van der Waals surface area contributed by atoms with Crippen molar-refractivity contribution in [2.24, 2.45) is 11.1 Å². The topological polar surface area (TPSA) is 68.6 Å². The maximum Gasteiger partial charge on any atom is 0.151 e. The van der Waals surface area contributed by atoms with Gasteiger partial charge >= 0.3 is 0 Å². The van der Waals surface area contributed by atoms with Crippen LogP contribution >= 0.6 is 11.6 Å². The first-order valence-corrected chi connectivity index (χ1v) is 9.26. The number of ether oxygens (including phenoxy) is 1. The number of oxime groups is 1. The Morgan fingerprint density at radius 2 is 2.12 bits per heavy atom. The van der Waals surface area contributed by atoms with Gasteiger partial charge in [0.1, 0.15) is 24.2 Å². The number of hydrogen-bond donors (Lipinski definition) is 1. The summed E-state index contributed by atoms with van der Waals surface area (Å²) < 4.78 is 6.30. The monoisotopic (exact) mass is 374 g/mol. The number of aromatic nitrogens is 2. The highest BCUT2D eigenvalue weighted by atomic mass is 35.5. The highest BCUT2D eigenvalue weighted by molar-refractivity contribution is 6.29. The van der Waals surface area contributed by atoms with Crippen molar-refractivity contribution in [3.05, 3.63) is 52.8 Å². The summed E-state index contributed by atoms with van der Waals surface area (Å²) in [6.45, 7) is 4.39. The van der Waals surface area contributed by atoms with Crippen molar-refractivity contribution in [3.63, 3.8) is 0 Å². The number of halogens is 1. The molecule has 7 heteroatoms. The SMILES string of the molecule is CCON=Cc1ccc(OC(c2ccc(Cl)nn2)C2CCCNC2)cc1. The number of hydrogen-bond acceptors (Lipinski definition) is 6. The van der Waals surface area contributed by atoms with Crippen LogP contribution in [0.5, 0.6) is 5.75 Å². The first-order chi connectivity index (χ1) is 12.8. The third-order valence-electron chi connectivity index (χ3n) is 4.26. The van der Waals surface area contributed by atoms with Crippen molar-refractivity contribution in [3.8, 4) is 5.75 Å². The molecule has 2 atom stereocenters. The lowest BCUT2D eigenvalue weighted by Crippen LogP contribution is -2.35. The van der Waals surface area contributed by atoms with Crippen LogP contribution in [0.2, 0.25) is 5.15 Å². The van der Waals surface area contributed by atoms with Gasteiger partial charge in [0.2, 0.25) is 0 Å². The van der Waals surface area contributed by atoms with Crippen molar-refractivity contribution >= 4 is 17.8 Å². The van der Waals surface area contributed by atoms with Crippen molar-refractivity contribution in [2.75, 3.05) is 19.7 Å². The van der Waals surface area contributed by atoms with Crippen LogP contribution in [0, 0.1) is 5.92 Å². The van der Waals surface area contributed by atoms with Crippen LogP contribution in [-0.2, 0) is 4.84 Å². The molecule has 1 aromatic carbocycles. The number of rotatable bonds is 7. The molecule has 3 rings (SSSR count). The predicted molar refractivity (Wildman–Crippen MR) is 102 cm³/mol. The highest BCUT2D eigenvalue weighted by Gasteiger charge is 2.28. The Balaban J connectivity index is 1.75. The van der Waals surface area contributed by atoms with E-state index in [0.29, 0.717) is 17.7 Å². The van der Waals surface area contributed by atoms with Crippen molar-refractivity contribution in [1.82, 2.24) is 15.5 Å². The molecule has 2 unspecified atom stereocenters. The second kappa shape index (κ2) is 9.50. The van der Waals surface area contributed by atoms with Gasteiger partial charge in [0.05, 0.1) is 6.21 Å². The van der Waals surface area contributed by atoms with Crippen LogP contribution in [0.4, 0.5) is 0 Å². The van der Waals surface area contributed by atoms with Crippen molar-refractivity contribution in [2.45, 2.75) is 25.9 Å². The summed E-state index contributed by atoms with van der Waals surface area (Å²) >= 11 is 5.88. The average molecular weight is 375 g/mol. The normalized spacial score (nSPS) is 18.6. The predicted octanol–water partition coefficient (Wildman–Crippen LogP) is 3.62. The van der Waals surface area contributed by atoms with Crippen LogP contribution in [0.15, 0.2) is 41.6 Å². The van der Waals surface area contributed by atoms with Gasteiger partial charge in [0.25, 0.3) is 0 Å². The minimum atomic E-state index is -0.171. The van der Waals surface area contributed by atoms with Gasteiger partial charge in [-0.15, -0.1) is 5.10 Å². The number of nitrogens with one attached hydrogen (secondary N) is 1. The minimum Gasteiger partial charge on any atom is -0.484 e. The minimum absolute atomic E-state index is 0.171. The fourth-order valence-electron chi connectivity index (χ4n) is 2.97. The van der Waals surface area contributed by atoms with Crippen LogP contribution < -0.4 is 10.1 Å². The van der Waals surface area contributed by atoms with Gasteiger partial charge in [-0.05, 0) is 68.3 Å². The van der Waals surface area contributed by atoms with E-state index < -0.39 is 0 Å². The number of benzene rings is 1. The van der Waals surface area contributed by atoms with Gasteiger partial charge in [-0.1, -0.05) is 16.8 Å². The van der Waals surface area contributed by atoms with Crippen LogP contribution in [-0.4, -0.2) is 36.1 Å². The molecule has 138 valence electrons. The largest absolute Gasteiger partial charge is 0.484 e. The van der Waals surface area contributed by atoms with E-state index in [1.807, 2.05) is 37.3 Å². The Labute approximate surface area is 158 Å². The molecule has 2 heterocycles. The number of piperidine rings is 1. The van der Waals surface area contributed by atoms with Gasteiger partial charge in [-0.3, -0.25) is 0 Å². The molecule has 1 aliphatic heterocycles. The Bertz CT molecular complexity index is 700. The Hall–Kier alpha value is -2.18. The summed E-state index contributed by atoms with van der Waals surface area (Å²) in [5.41, 5.74) is 1.75. The zero-order valence-electron chi connectivity index (χ0n) is 14.8. The van der Waals surface area contributed by atoms with E-state index in [9.17, 15) is 0 Å². The second-order valence-electron chi connectivity index (χ2n) is 6.15. The molecule has 0 aliphatic carbocycles. The zero-order chi connectivity index (χ0) is 18.2. The van der Waals surface area contributed by atoms with E-state index in [2.05, 4.69) is 20.7 Å². The molecule has 0 saturated carbocycles. The average Bonchev–Trinajstić information content (AvgIpc) is 2.69. The highest BCUT2D eigenvalue weighted by Crippen LogP contribution is 2.31. The fraction of sp³-hybridized carbons (Fsp3) is 0.421. The first kappa shape index (κ1) is 18.6. The third kappa shape index (κ3) is 5.16. The summed E-state index contributed by atoms with van der Waals surface area (Å²) in [6, 6.07) is 11.4. The van der Waals surface area contributed by atoms with Crippen LogP contribution in [0.1, 0.15) is 37.1 Å². The molecule has 26 heavy (non-hydrogen) atoms. The molecule has 1 fully saturated rings. The van der Waals surface area contributed by atoms with Crippen molar-refractivity contribution in [1.29, 1.82) is 0 Å². The Morgan fingerprint density at radius 1 is 1.27 bits per heavy atom. The first-order valence-electron chi connectivity index (χ1n) is 8.88. The van der Waals surface area contributed by atoms with E-state index in [-0.39, 0.29) is 6.10 Å².